The Balaban J connectivity index is 2.25. The smallest absolute Gasteiger partial charge is 0.198 e. The molecule has 3 nitrogen and oxygen atoms in total. The molecular formula is C11H10BrNO2. The van der Waals surface area contributed by atoms with Gasteiger partial charge in [0.25, 0.3) is 0 Å². The molecule has 4 heteroatoms. The minimum Gasteiger partial charge on any atom is -0.494 e. The maximum Gasteiger partial charge on any atom is 0.198 e. The molecule has 1 aliphatic rings. The predicted octanol–water partition coefficient (Wildman–Crippen LogP) is 3.48. The maximum atomic E-state index is 5.73. The molecule has 0 unspecified atom stereocenters. The molecule has 0 saturated heterocycles. The molecule has 0 amide bonds. The van der Waals surface area contributed by atoms with E-state index in [0.717, 1.165) is 27.2 Å². The average molecular weight is 268 g/mol. The van der Waals surface area contributed by atoms with Crippen molar-refractivity contribution in [2.24, 2.45) is 0 Å². The molecule has 0 N–H and O–H groups in total. The van der Waals surface area contributed by atoms with E-state index in [9.17, 15) is 0 Å². The van der Waals surface area contributed by atoms with Crippen LogP contribution in [0.2, 0.25) is 0 Å². The van der Waals surface area contributed by atoms with Crippen molar-refractivity contribution in [2.75, 3.05) is 7.11 Å². The fraction of sp³-hybridized carbons (Fsp3) is 0.364. The molecule has 1 fully saturated rings. The van der Waals surface area contributed by atoms with Gasteiger partial charge >= 0.3 is 0 Å². The minimum absolute atomic E-state index is 0.522. The molecule has 1 aromatic carbocycles. The van der Waals surface area contributed by atoms with Crippen molar-refractivity contribution < 1.29 is 9.15 Å². The van der Waals surface area contributed by atoms with E-state index in [-0.39, 0.29) is 0 Å². The van der Waals surface area contributed by atoms with E-state index in [1.165, 1.54) is 12.8 Å². The number of ether oxygens (including phenoxy) is 1. The lowest BCUT2D eigenvalue weighted by atomic mass is 10.3. The number of benzene rings is 1. The number of hydrogen-bond acceptors (Lipinski definition) is 3. The van der Waals surface area contributed by atoms with Gasteiger partial charge < -0.3 is 9.15 Å². The van der Waals surface area contributed by atoms with Crippen molar-refractivity contribution in [3.05, 3.63) is 22.5 Å². The van der Waals surface area contributed by atoms with Gasteiger partial charge in [0.1, 0.15) is 5.75 Å². The first-order valence-electron chi connectivity index (χ1n) is 4.92. The fourth-order valence-corrected chi connectivity index (χ4v) is 2.04. The van der Waals surface area contributed by atoms with Crippen LogP contribution in [-0.2, 0) is 0 Å². The molecule has 1 aliphatic carbocycles. The average Bonchev–Trinajstić information content (AvgIpc) is 2.99. The van der Waals surface area contributed by atoms with Crippen molar-refractivity contribution in [3.63, 3.8) is 0 Å². The second kappa shape index (κ2) is 3.23. The number of oxazole rings is 1. The van der Waals surface area contributed by atoms with Crippen molar-refractivity contribution in [3.8, 4) is 5.75 Å². The van der Waals surface area contributed by atoms with Crippen LogP contribution in [-0.4, -0.2) is 12.1 Å². The number of hydrogen-bond donors (Lipinski definition) is 0. The van der Waals surface area contributed by atoms with Crippen molar-refractivity contribution in [1.82, 2.24) is 4.98 Å². The van der Waals surface area contributed by atoms with Gasteiger partial charge in [-0.05, 0) is 40.9 Å². The number of methoxy groups -OCH3 is 1. The van der Waals surface area contributed by atoms with Crippen LogP contribution in [0.1, 0.15) is 24.7 Å². The zero-order valence-electron chi connectivity index (χ0n) is 8.29. The summed E-state index contributed by atoms with van der Waals surface area (Å²) in [7, 11) is 1.65. The lowest BCUT2D eigenvalue weighted by Gasteiger charge is -1.99. The van der Waals surface area contributed by atoms with Gasteiger partial charge in [-0.2, -0.15) is 0 Å². The largest absolute Gasteiger partial charge is 0.494 e. The monoisotopic (exact) mass is 267 g/mol. The summed E-state index contributed by atoms with van der Waals surface area (Å²) in [5.41, 5.74) is 1.60. The highest BCUT2D eigenvalue weighted by Gasteiger charge is 2.29. The molecule has 0 aliphatic heterocycles. The molecule has 0 atom stereocenters. The summed E-state index contributed by atoms with van der Waals surface area (Å²) >= 11 is 3.45. The Morgan fingerprint density at radius 2 is 2.27 bits per heavy atom. The van der Waals surface area contributed by atoms with Crippen LogP contribution in [0, 0.1) is 0 Å². The van der Waals surface area contributed by atoms with Crippen LogP contribution in [0.3, 0.4) is 0 Å². The van der Waals surface area contributed by atoms with E-state index in [0.29, 0.717) is 5.92 Å². The molecule has 78 valence electrons. The highest BCUT2D eigenvalue weighted by atomic mass is 79.9. The summed E-state index contributed by atoms with van der Waals surface area (Å²) in [6.45, 7) is 0. The number of nitrogens with zero attached hydrogens (tertiary/aromatic N) is 1. The Labute approximate surface area is 95.6 Å². The zero-order valence-corrected chi connectivity index (χ0v) is 9.87. The van der Waals surface area contributed by atoms with E-state index in [1.807, 2.05) is 12.1 Å². The van der Waals surface area contributed by atoms with Gasteiger partial charge in [0.05, 0.1) is 11.6 Å². The summed E-state index contributed by atoms with van der Waals surface area (Å²) in [6, 6.07) is 3.81. The standard InChI is InChI=1S/C11H10BrNO2/c1-14-8-5-4-7(12)10-9(8)13-11(15-10)6-2-3-6/h4-6H,2-3H2,1H3. The quantitative estimate of drug-likeness (QED) is 0.836. The summed E-state index contributed by atoms with van der Waals surface area (Å²) < 4.78 is 11.9. The molecular weight excluding hydrogens is 258 g/mol. The molecule has 0 bridgehead atoms. The first-order chi connectivity index (χ1) is 7.29. The lowest BCUT2D eigenvalue weighted by molar-refractivity contribution is 0.419. The Hall–Kier alpha value is -1.03. The first-order valence-corrected chi connectivity index (χ1v) is 5.72. The van der Waals surface area contributed by atoms with Gasteiger partial charge in [-0.25, -0.2) is 4.98 Å². The molecule has 1 saturated carbocycles. The van der Waals surface area contributed by atoms with Crippen molar-refractivity contribution >= 4 is 27.0 Å². The van der Waals surface area contributed by atoms with Gasteiger partial charge in [0, 0.05) is 5.92 Å². The van der Waals surface area contributed by atoms with Crippen LogP contribution in [0.4, 0.5) is 0 Å². The Bertz CT molecular complexity index is 517. The second-order valence-electron chi connectivity index (χ2n) is 3.75. The Morgan fingerprint density at radius 1 is 1.47 bits per heavy atom. The zero-order chi connectivity index (χ0) is 10.4. The van der Waals surface area contributed by atoms with E-state index in [1.54, 1.807) is 7.11 Å². The topological polar surface area (TPSA) is 35.3 Å². The number of aromatic nitrogens is 1. The van der Waals surface area contributed by atoms with Gasteiger partial charge in [0.2, 0.25) is 0 Å². The number of halogens is 1. The normalized spacial score (nSPS) is 15.9. The van der Waals surface area contributed by atoms with Gasteiger partial charge in [-0.3, -0.25) is 0 Å². The summed E-state index contributed by atoms with van der Waals surface area (Å²) in [5.74, 6) is 2.13. The van der Waals surface area contributed by atoms with Crippen LogP contribution < -0.4 is 4.74 Å². The third-order valence-electron chi connectivity index (χ3n) is 2.62. The van der Waals surface area contributed by atoms with Crippen LogP contribution in [0.25, 0.3) is 11.1 Å². The highest BCUT2D eigenvalue weighted by Crippen LogP contribution is 2.42. The third kappa shape index (κ3) is 1.44. The summed E-state index contributed by atoms with van der Waals surface area (Å²) in [6.07, 6.45) is 2.37. The molecule has 0 radical (unpaired) electrons. The molecule has 2 aromatic rings. The summed E-state index contributed by atoms with van der Waals surface area (Å²) in [4.78, 5) is 4.48. The van der Waals surface area contributed by atoms with E-state index in [2.05, 4.69) is 20.9 Å². The van der Waals surface area contributed by atoms with Gasteiger partial charge in [-0.1, -0.05) is 0 Å². The highest BCUT2D eigenvalue weighted by molar-refractivity contribution is 9.10. The van der Waals surface area contributed by atoms with E-state index >= 15 is 0 Å². The minimum atomic E-state index is 0.522. The van der Waals surface area contributed by atoms with E-state index < -0.39 is 0 Å². The first kappa shape index (κ1) is 9.21. The third-order valence-corrected chi connectivity index (χ3v) is 3.25. The van der Waals surface area contributed by atoms with E-state index in [4.69, 9.17) is 9.15 Å². The van der Waals surface area contributed by atoms with Crippen molar-refractivity contribution in [2.45, 2.75) is 18.8 Å². The van der Waals surface area contributed by atoms with Crippen LogP contribution >= 0.6 is 15.9 Å². The van der Waals surface area contributed by atoms with Gasteiger partial charge in [-0.15, -0.1) is 0 Å². The molecule has 1 heterocycles. The molecule has 1 aromatic heterocycles. The molecule has 15 heavy (non-hydrogen) atoms. The van der Waals surface area contributed by atoms with Crippen LogP contribution in [0.15, 0.2) is 21.0 Å². The van der Waals surface area contributed by atoms with Crippen molar-refractivity contribution in [1.29, 1.82) is 0 Å². The Morgan fingerprint density at radius 3 is 2.93 bits per heavy atom. The lowest BCUT2D eigenvalue weighted by Crippen LogP contribution is -1.84. The second-order valence-corrected chi connectivity index (χ2v) is 4.61. The fourth-order valence-electron chi connectivity index (χ4n) is 1.64. The SMILES string of the molecule is COc1ccc(Br)c2oc(C3CC3)nc12. The Kier molecular flexibility index (Phi) is 1.99. The predicted molar refractivity (Wildman–Crippen MR) is 60.2 cm³/mol. The number of fused-ring (bicyclic) bond motifs is 1. The number of rotatable bonds is 2. The maximum absolute atomic E-state index is 5.73. The van der Waals surface area contributed by atoms with Gasteiger partial charge in [0.15, 0.2) is 17.0 Å². The molecule has 0 spiro atoms. The van der Waals surface area contributed by atoms with Crippen LogP contribution in [0.5, 0.6) is 5.75 Å². The molecule has 3 rings (SSSR count). The summed E-state index contributed by atoms with van der Waals surface area (Å²) in [5, 5.41) is 0.